The molecule has 3 N–H and O–H groups in total. The smallest absolute Gasteiger partial charge is 0.258 e. The molecule has 2 aromatic rings. The molecule has 0 aromatic carbocycles. The van der Waals surface area contributed by atoms with E-state index in [4.69, 9.17) is 5.73 Å². The van der Waals surface area contributed by atoms with Crippen LogP contribution in [-0.2, 0) is 0 Å². The predicted octanol–water partition coefficient (Wildman–Crippen LogP) is 1.35. The molecule has 0 atom stereocenters. The summed E-state index contributed by atoms with van der Waals surface area (Å²) in [4.78, 5) is 20.3. The Bertz CT molecular complexity index is 668. The van der Waals surface area contributed by atoms with E-state index in [1.54, 1.807) is 30.7 Å². The first-order chi connectivity index (χ1) is 9.70. The topological polar surface area (TPSA) is 80.9 Å². The van der Waals surface area contributed by atoms with Crippen molar-refractivity contribution in [2.75, 3.05) is 11.9 Å². The third kappa shape index (κ3) is 3.40. The first-order valence-electron chi connectivity index (χ1n) is 6.07. The van der Waals surface area contributed by atoms with Crippen LogP contribution in [0.4, 0.5) is 5.82 Å². The lowest BCUT2D eigenvalue weighted by atomic mass is 10.1. The van der Waals surface area contributed by atoms with Gasteiger partial charge in [0.25, 0.3) is 5.91 Å². The fraction of sp³-hybridized carbons (Fsp3) is 0.133. The number of hydrogen-bond acceptors (Lipinski definition) is 4. The van der Waals surface area contributed by atoms with Crippen LogP contribution in [-0.4, -0.2) is 22.4 Å². The molecule has 0 saturated carbocycles. The molecular weight excluding hydrogens is 252 g/mol. The van der Waals surface area contributed by atoms with E-state index in [2.05, 4.69) is 27.1 Å². The summed E-state index contributed by atoms with van der Waals surface area (Å²) in [5.41, 5.74) is 7.36. The Morgan fingerprint density at radius 1 is 1.35 bits per heavy atom. The van der Waals surface area contributed by atoms with Crippen LogP contribution in [0, 0.1) is 18.8 Å². The van der Waals surface area contributed by atoms with Gasteiger partial charge in [0.15, 0.2) is 0 Å². The average molecular weight is 266 g/mol. The van der Waals surface area contributed by atoms with Crippen molar-refractivity contribution >= 4 is 11.7 Å². The minimum absolute atomic E-state index is 0.232. The number of aromatic nitrogens is 2. The standard InChI is InChI=1S/C15H14N4O/c1-11-4-5-14(18-9-11)19-15(20)13-6-8-17-10-12(13)3-2-7-16/h4-6,8-10H,7,16H2,1H3,(H,18,19,20). The maximum Gasteiger partial charge on any atom is 0.258 e. The second kappa shape index (κ2) is 6.45. The number of hydrogen-bond donors (Lipinski definition) is 2. The second-order valence-electron chi connectivity index (χ2n) is 4.10. The number of nitrogens with zero attached hydrogens (tertiary/aromatic N) is 2. The molecule has 0 bridgehead atoms. The van der Waals surface area contributed by atoms with Gasteiger partial charge in [-0.05, 0) is 24.6 Å². The number of aryl methyl sites for hydroxylation is 1. The minimum atomic E-state index is -0.273. The summed E-state index contributed by atoms with van der Waals surface area (Å²) < 4.78 is 0. The van der Waals surface area contributed by atoms with Crippen molar-refractivity contribution in [3.63, 3.8) is 0 Å². The molecule has 0 aliphatic heterocycles. The van der Waals surface area contributed by atoms with Gasteiger partial charge in [0, 0.05) is 18.6 Å². The summed E-state index contributed by atoms with van der Waals surface area (Å²) in [7, 11) is 0. The molecule has 0 radical (unpaired) electrons. The van der Waals surface area contributed by atoms with E-state index < -0.39 is 0 Å². The van der Waals surface area contributed by atoms with Gasteiger partial charge in [0.1, 0.15) is 5.82 Å². The molecule has 0 unspecified atom stereocenters. The molecule has 0 spiro atoms. The fourth-order valence-electron chi connectivity index (χ4n) is 1.56. The van der Waals surface area contributed by atoms with Gasteiger partial charge in [-0.25, -0.2) is 4.98 Å². The maximum atomic E-state index is 12.2. The Kier molecular flexibility index (Phi) is 4.43. The van der Waals surface area contributed by atoms with Crippen molar-refractivity contribution in [3.05, 3.63) is 53.5 Å². The number of anilines is 1. The van der Waals surface area contributed by atoms with Crippen LogP contribution >= 0.6 is 0 Å². The van der Waals surface area contributed by atoms with Crippen LogP contribution < -0.4 is 11.1 Å². The van der Waals surface area contributed by atoms with E-state index in [1.165, 1.54) is 0 Å². The lowest BCUT2D eigenvalue weighted by Crippen LogP contribution is -2.14. The highest BCUT2D eigenvalue weighted by Gasteiger charge is 2.10. The van der Waals surface area contributed by atoms with Crippen molar-refractivity contribution in [2.45, 2.75) is 6.92 Å². The largest absolute Gasteiger partial charge is 0.320 e. The summed E-state index contributed by atoms with van der Waals surface area (Å²) in [6.07, 6.45) is 4.78. The summed E-state index contributed by atoms with van der Waals surface area (Å²) in [5, 5.41) is 2.73. The number of rotatable bonds is 2. The molecule has 20 heavy (non-hydrogen) atoms. The molecule has 0 aliphatic carbocycles. The number of pyridine rings is 2. The molecule has 2 aromatic heterocycles. The third-order valence-corrected chi connectivity index (χ3v) is 2.54. The average Bonchev–Trinajstić information content (AvgIpc) is 2.47. The van der Waals surface area contributed by atoms with E-state index in [-0.39, 0.29) is 12.5 Å². The van der Waals surface area contributed by atoms with Crippen molar-refractivity contribution in [2.24, 2.45) is 5.73 Å². The Labute approximate surface area is 117 Å². The molecule has 1 amide bonds. The minimum Gasteiger partial charge on any atom is -0.320 e. The zero-order chi connectivity index (χ0) is 14.4. The van der Waals surface area contributed by atoms with Crippen LogP contribution in [0.15, 0.2) is 36.8 Å². The van der Waals surface area contributed by atoms with E-state index in [0.717, 1.165) is 5.56 Å². The fourth-order valence-corrected chi connectivity index (χ4v) is 1.56. The highest BCUT2D eigenvalue weighted by molar-refractivity contribution is 6.05. The van der Waals surface area contributed by atoms with Crippen LogP contribution in [0.1, 0.15) is 21.5 Å². The van der Waals surface area contributed by atoms with Crippen molar-refractivity contribution in [3.8, 4) is 11.8 Å². The number of nitrogens with one attached hydrogen (secondary N) is 1. The zero-order valence-electron chi connectivity index (χ0n) is 11.1. The number of carbonyl (C=O) groups is 1. The van der Waals surface area contributed by atoms with Gasteiger partial charge in [-0.15, -0.1) is 0 Å². The molecule has 0 fully saturated rings. The summed E-state index contributed by atoms with van der Waals surface area (Å²) in [6, 6.07) is 5.24. The SMILES string of the molecule is Cc1ccc(NC(=O)c2ccncc2C#CCN)nc1. The third-order valence-electron chi connectivity index (χ3n) is 2.54. The first kappa shape index (κ1) is 13.7. The number of carbonyl (C=O) groups excluding carboxylic acids is 1. The Balaban J connectivity index is 2.23. The second-order valence-corrected chi connectivity index (χ2v) is 4.10. The van der Waals surface area contributed by atoms with Gasteiger partial charge in [-0.2, -0.15) is 0 Å². The highest BCUT2D eigenvalue weighted by atomic mass is 16.1. The lowest BCUT2D eigenvalue weighted by molar-refractivity contribution is 0.102. The molecule has 2 rings (SSSR count). The number of amides is 1. The van der Waals surface area contributed by atoms with Crippen LogP contribution in [0.2, 0.25) is 0 Å². The Hall–Kier alpha value is -2.71. The van der Waals surface area contributed by atoms with Crippen molar-refractivity contribution in [1.82, 2.24) is 9.97 Å². The van der Waals surface area contributed by atoms with E-state index in [1.807, 2.05) is 13.0 Å². The molecule has 2 heterocycles. The monoisotopic (exact) mass is 266 g/mol. The van der Waals surface area contributed by atoms with Gasteiger partial charge in [-0.3, -0.25) is 9.78 Å². The van der Waals surface area contributed by atoms with Crippen LogP contribution in [0.3, 0.4) is 0 Å². The Morgan fingerprint density at radius 3 is 2.90 bits per heavy atom. The van der Waals surface area contributed by atoms with E-state index in [0.29, 0.717) is 16.9 Å². The summed E-state index contributed by atoms with van der Waals surface area (Å²) in [6.45, 7) is 2.16. The van der Waals surface area contributed by atoms with E-state index in [9.17, 15) is 4.79 Å². The van der Waals surface area contributed by atoms with Gasteiger partial charge in [0.2, 0.25) is 0 Å². The number of nitrogens with two attached hydrogens (primary N) is 1. The maximum absolute atomic E-state index is 12.2. The zero-order valence-corrected chi connectivity index (χ0v) is 11.1. The van der Waals surface area contributed by atoms with Gasteiger partial charge >= 0.3 is 0 Å². The Morgan fingerprint density at radius 2 is 2.20 bits per heavy atom. The molecule has 5 nitrogen and oxygen atoms in total. The lowest BCUT2D eigenvalue weighted by Gasteiger charge is -2.06. The van der Waals surface area contributed by atoms with Crippen LogP contribution in [0.25, 0.3) is 0 Å². The van der Waals surface area contributed by atoms with Gasteiger partial charge in [-0.1, -0.05) is 17.9 Å². The van der Waals surface area contributed by atoms with Crippen LogP contribution in [0.5, 0.6) is 0 Å². The van der Waals surface area contributed by atoms with Crippen molar-refractivity contribution < 1.29 is 4.79 Å². The van der Waals surface area contributed by atoms with E-state index >= 15 is 0 Å². The molecule has 0 aliphatic rings. The first-order valence-corrected chi connectivity index (χ1v) is 6.07. The summed E-state index contributed by atoms with van der Waals surface area (Å²) in [5.74, 6) is 5.77. The normalized spacial score (nSPS) is 9.50. The molecular formula is C15H14N4O. The predicted molar refractivity (Wildman–Crippen MR) is 77.1 cm³/mol. The van der Waals surface area contributed by atoms with Crippen molar-refractivity contribution in [1.29, 1.82) is 0 Å². The van der Waals surface area contributed by atoms with Gasteiger partial charge in [0.05, 0.1) is 17.7 Å². The highest BCUT2D eigenvalue weighted by Crippen LogP contribution is 2.10. The molecule has 100 valence electrons. The summed E-state index contributed by atoms with van der Waals surface area (Å²) >= 11 is 0. The molecule has 0 saturated heterocycles. The molecule has 5 heteroatoms. The van der Waals surface area contributed by atoms with Gasteiger partial charge < -0.3 is 11.1 Å². The quantitative estimate of drug-likeness (QED) is 0.804.